The molecule has 0 spiro atoms. The third kappa shape index (κ3) is 3.82. The topological polar surface area (TPSA) is 43.4 Å². The van der Waals surface area contributed by atoms with Crippen LogP contribution in [-0.4, -0.2) is 39.7 Å². The van der Waals surface area contributed by atoms with Crippen molar-refractivity contribution in [2.45, 2.75) is 19.8 Å². The first-order valence-corrected chi connectivity index (χ1v) is 8.06. The van der Waals surface area contributed by atoms with Crippen molar-refractivity contribution in [2.24, 2.45) is 0 Å². The van der Waals surface area contributed by atoms with Gasteiger partial charge < -0.3 is 4.74 Å². The molecule has 1 fully saturated rings. The van der Waals surface area contributed by atoms with E-state index in [-0.39, 0.29) is 11.5 Å². The van der Waals surface area contributed by atoms with Crippen LogP contribution in [0.25, 0.3) is 0 Å². The lowest BCUT2D eigenvalue weighted by Gasteiger charge is -2.30. The SMILES string of the molecule is O=S1(=O)CC(Cl)C(OC(Cl)(Cl)C(Cl)(Cl)Cl)C1. The standard InChI is InChI=1S/C6H6Cl6O3S/c7-3-1-16(13,14)2-4(3)15-6(11,12)5(8,9)10/h3-4H,1-2H2. The van der Waals surface area contributed by atoms with Crippen molar-refractivity contribution in [3.05, 3.63) is 0 Å². The summed E-state index contributed by atoms with van der Waals surface area (Å²) < 4.78 is 23.2. The number of hydrogen-bond donors (Lipinski definition) is 0. The second-order valence-electron chi connectivity index (χ2n) is 3.26. The zero-order valence-electron chi connectivity index (χ0n) is 7.47. The summed E-state index contributed by atoms with van der Waals surface area (Å²) in [6.07, 6.45) is -0.905. The molecule has 16 heavy (non-hydrogen) atoms. The molecule has 1 rings (SSSR count). The van der Waals surface area contributed by atoms with Gasteiger partial charge in [0.25, 0.3) is 4.52 Å². The predicted octanol–water partition coefficient (Wildman–Crippen LogP) is 2.91. The second kappa shape index (κ2) is 4.97. The number of halogens is 6. The molecular formula is C6H6Cl6O3S. The predicted molar refractivity (Wildman–Crippen MR) is 67.9 cm³/mol. The molecule has 2 unspecified atom stereocenters. The highest BCUT2D eigenvalue weighted by molar-refractivity contribution is 7.91. The van der Waals surface area contributed by atoms with Gasteiger partial charge in [-0.1, -0.05) is 58.0 Å². The van der Waals surface area contributed by atoms with E-state index in [1.54, 1.807) is 0 Å². The summed E-state index contributed by atoms with van der Waals surface area (Å²) in [5.41, 5.74) is 0. The Morgan fingerprint density at radius 3 is 1.88 bits per heavy atom. The van der Waals surface area contributed by atoms with Crippen LogP contribution in [0.3, 0.4) is 0 Å². The first-order valence-electron chi connectivity index (χ1n) is 3.91. The molecule has 0 aromatic carbocycles. The Hall–Kier alpha value is 1.65. The maximum absolute atomic E-state index is 11.2. The molecular weight excluding hydrogens is 365 g/mol. The molecule has 3 nitrogen and oxygen atoms in total. The minimum atomic E-state index is -3.27. The molecule has 0 aromatic heterocycles. The molecule has 0 bridgehead atoms. The number of sulfone groups is 1. The lowest BCUT2D eigenvalue weighted by Crippen LogP contribution is -2.40. The van der Waals surface area contributed by atoms with Gasteiger partial charge in [0.2, 0.25) is 3.79 Å². The van der Waals surface area contributed by atoms with E-state index in [1.165, 1.54) is 0 Å². The van der Waals surface area contributed by atoms with Crippen LogP contribution >= 0.6 is 69.6 Å². The van der Waals surface area contributed by atoms with Crippen molar-refractivity contribution in [2.75, 3.05) is 11.5 Å². The lowest BCUT2D eigenvalue weighted by molar-refractivity contribution is 0.0265. The van der Waals surface area contributed by atoms with Crippen LogP contribution in [-0.2, 0) is 14.6 Å². The molecule has 0 radical (unpaired) electrons. The Bertz CT molecular complexity index is 361. The molecule has 0 aliphatic carbocycles. The fraction of sp³-hybridized carbons (Fsp3) is 1.00. The first kappa shape index (κ1) is 15.7. The van der Waals surface area contributed by atoms with Gasteiger partial charge in [-0.2, -0.15) is 0 Å². The van der Waals surface area contributed by atoms with E-state index >= 15 is 0 Å². The molecule has 10 heteroatoms. The number of ether oxygens (including phenoxy) is 1. The van der Waals surface area contributed by atoms with Crippen molar-refractivity contribution >= 4 is 79.4 Å². The minimum absolute atomic E-state index is 0.219. The quantitative estimate of drug-likeness (QED) is 0.702. The van der Waals surface area contributed by atoms with Crippen LogP contribution in [0.1, 0.15) is 0 Å². The van der Waals surface area contributed by atoms with Gasteiger partial charge in [0.15, 0.2) is 9.84 Å². The average molecular weight is 371 g/mol. The summed E-state index contributed by atoms with van der Waals surface area (Å²) >= 11 is 33.5. The van der Waals surface area contributed by atoms with Crippen LogP contribution < -0.4 is 0 Å². The molecule has 96 valence electrons. The molecule has 1 heterocycles. The van der Waals surface area contributed by atoms with Crippen LogP contribution in [0.5, 0.6) is 0 Å². The maximum atomic E-state index is 11.2. The van der Waals surface area contributed by atoms with Gasteiger partial charge in [-0.15, -0.1) is 11.6 Å². The van der Waals surface area contributed by atoms with Gasteiger partial charge in [0, 0.05) is 0 Å². The zero-order valence-corrected chi connectivity index (χ0v) is 12.8. The van der Waals surface area contributed by atoms with Gasteiger partial charge >= 0.3 is 0 Å². The van der Waals surface area contributed by atoms with Crippen molar-refractivity contribution in [1.29, 1.82) is 0 Å². The smallest absolute Gasteiger partial charge is 0.266 e. The Labute approximate surface area is 123 Å². The molecule has 0 N–H and O–H groups in total. The summed E-state index contributed by atoms with van der Waals surface area (Å²) in [7, 11) is -3.27. The maximum Gasteiger partial charge on any atom is 0.266 e. The van der Waals surface area contributed by atoms with Crippen molar-refractivity contribution in [3.63, 3.8) is 0 Å². The summed E-state index contributed by atoms with van der Waals surface area (Å²) in [4.78, 5) is 0. The van der Waals surface area contributed by atoms with Gasteiger partial charge in [0.05, 0.1) is 23.0 Å². The zero-order chi connectivity index (χ0) is 12.8. The Kier molecular flexibility index (Phi) is 4.88. The number of alkyl halides is 6. The summed E-state index contributed by atoms with van der Waals surface area (Å²) in [5.74, 6) is -0.522. The van der Waals surface area contributed by atoms with E-state index in [0.29, 0.717) is 0 Å². The Morgan fingerprint density at radius 1 is 1.06 bits per heavy atom. The Morgan fingerprint density at radius 2 is 1.56 bits per heavy atom. The van der Waals surface area contributed by atoms with E-state index in [0.717, 1.165) is 0 Å². The van der Waals surface area contributed by atoms with Crippen molar-refractivity contribution < 1.29 is 13.2 Å². The highest BCUT2D eigenvalue weighted by Gasteiger charge is 2.51. The van der Waals surface area contributed by atoms with Crippen LogP contribution in [0.15, 0.2) is 0 Å². The molecule has 0 amide bonds. The highest BCUT2D eigenvalue weighted by Crippen LogP contribution is 2.48. The second-order valence-corrected chi connectivity index (χ2v) is 9.52. The van der Waals surface area contributed by atoms with Crippen LogP contribution in [0, 0.1) is 0 Å². The minimum Gasteiger partial charge on any atom is -0.337 e. The highest BCUT2D eigenvalue weighted by atomic mass is 35.6. The van der Waals surface area contributed by atoms with E-state index in [9.17, 15) is 8.42 Å². The Balaban J connectivity index is 2.77. The van der Waals surface area contributed by atoms with Crippen LogP contribution in [0.4, 0.5) is 0 Å². The third-order valence-corrected chi connectivity index (χ3v) is 6.31. The average Bonchev–Trinajstić information content (AvgIpc) is 2.20. The summed E-state index contributed by atoms with van der Waals surface area (Å²) in [6.45, 7) is 0. The summed E-state index contributed by atoms with van der Waals surface area (Å²) in [6, 6.07) is 0. The molecule has 1 aliphatic heterocycles. The molecule has 1 aliphatic rings. The molecule has 0 aromatic rings. The monoisotopic (exact) mass is 368 g/mol. The third-order valence-electron chi connectivity index (χ3n) is 1.86. The van der Waals surface area contributed by atoms with Gasteiger partial charge in [-0.25, -0.2) is 8.42 Å². The largest absolute Gasteiger partial charge is 0.337 e. The lowest BCUT2D eigenvalue weighted by atomic mass is 10.3. The number of rotatable bonds is 2. The van der Waals surface area contributed by atoms with E-state index in [4.69, 9.17) is 74.3 Å². The molecule has 1 saturated heterocycles. The van der Waals surface area contributed by atoms with E-state index in [1.807, 2.05) is 0 Å². The van der Waals surface area contributed by atoms with Crippen LogP contribution in [0.2, 0.25) is 0 Å². The number of hydrogen-bond acceptors (Lipinski definition) is 3. The summed E-state index contributed by atoms with van der Waals surface area (Å²) in [5, 5.41) is -0.769. The van der Waals surface area contributed by atoms with E-state index < -0.39 is 29.6 Å². The normalized spacial score (nSPS) is 30.6. The van der Waals surface area contributed by atoms with Crippen molar-refractivity contribution in [1.82, 2.24) is 0 Å². The van der Waals surface area contributed by atoms with E-state index in [2.05, 4.69) is 0 Å². The van der Waals surface area contributed by atoms with Gasteiger partial charge in [0.1, 0.15) is 0 Å². The van der Waals surface area contributed by atoms with Gasteiger partial charge in [-0.05, 0) is 0 Å². The fourth-order valence-corrected chi connectivity index (χ4v) is 3.96. The van der Waals surface area contributed by atoms with Gasteiger partial charge in [-0.3, -0.25) is 0 Å². The molecule has 0 saturated carbocycles. The molecule has 2 atom stereocenters. The fourth-order valence-electron chi connectivity index (χ4n) is 1.14. The van der Waals surface area contributed by atoms with Crippen molar-refractivity contribution in [3.8, 4) is 0 Å². The first-order chi connectivity index (χ1) is 6.95.